The predicted octanol–water partition coefficient (Wildman–Crippen LogP) is -0.0389. The van der Waals surface area contributed by atoms with Crippen molar-refractivity contribution in [1.82, 2.24) is 10.6 Å². The second kappa shape index (κ2) is 5.59. The normalized spacial score (nSPS) is 16.0. The van der Waals surface area contributed by atoms with Gasteiger partial charge in [-0.2, -0.15) is 0 Å². The summed E-state index contributed by atoms with van der Waals surface area (Å²) in [5.41, 5.74) is 4.78. The van der Waals surface area contributed by atoms with Gasteiger partial charge in [-0.1, -0.05) is 19.3 Å². The van der Waals surface area contributed by atoms with Gasteiger partial charge in [0.2, 0.25) is 5.91 Å². The van der Waals surface area contributed by atoms with Crippen LogP contribution in [0.1, 0.15) is 25.7 Å². The van der Waals surface area contributed by atoms with Crippen molar-refractivity contribution in [1.29, 1.82) is 0 Å². The number of rotatable bonds is 5. The molecule has 1 saturated carbocycles. The standard InChI is InChI=1S/C9H17N3O2/c10-9(14)12-8(13)6-11-5-4-7-2-1-3-7/h7,11H,1-6H2,(H3,10,12,13,14). The first-order chi connectivity index (χ1) is 6.68. The quantitative estimate of drug-likeness (QED) is 0.543. The van der Waals surface area contributed by atoms with Gasteiger partial charge in [-0.15, -0.1) is 0 Å². The molecule has 0 aromatic heterocycles. The Morgan fingerprint density at radius 2 is 2.07 bits per heavy atom. The van der Waals surface area contributed by atoms with Gasteiger partial charge in [0.1, 0.15) is 0 Å². The van der Waals surface area contributed by atoms with Crippen LogP contribution >= 0.6 is 0 Å². The van der Waals surface area contributed by atoms with Crippen LogP contribution in [0.15, 0.2) is 0 Å². The van der Waals surface area contributed by atoms with E-state index in [0.29, 0.717) is 0 Å². The minimum absolute atomic E-state index is 0.162. The van der Waals surface area contributed by atoms with E-state index in [2.05, 4.69) is 5.32 Å². The Morgan fingerprint density at radius 3 is 2.57 bits per heavy atom. The lowest BCUT2D eigenvalue weighted by Crippen LogP contribution is -2.41. The zero-order valence-corrected chi connectivity index (χ0v) is 8.21. The summed E-state index contributed by atoms with van der Waals surface area (Å²) in [6, 6.07) is -0.796. The van der Waals surface area contributed by atoms with Crippen LogP contribution in [0.4, 0.5) is 4.79 Å². The lowest BCUT2D eigenvalue weighted by Gasteiger charge is -2.25. The van der Waals surface area contributed by atoms with Gasteiger partial charge in [-0.05, 0) is 18.9 Å². The maximum absolute atomic E-state index is 10.9. The molecule has 5 heteroatoms. The summed E-state index contributed by atoms with van der Waals surface area (Å²) in [5, 5.41) is 4.97. The molecule has 0 atom stereocenters. The zero-order valence-electron chi connectivity index (χ0n) is 8.21. The van der Waals surface area contributed by atoms with E-state index >= 15 is 0 Å². The number of hydrogen-bond donors (Lipinski definition) is 3. The van der Waals surface area contributed by atoms with E-state index in [0.717, 1.165) is 18.9 Å². The monoisotopic (exact) mass is 199 g/mol. The van der Waals surface area contributed by atoms with Crippen molar-refractivity contribution in [3.05, 3.63) is 0 Å². The van der Waals surface area contributed by atoms with E-state index in [1.807, 2.05) is 5.32 Å². The average molecular weight is 199 g/mol. The molecule has 0 spiro atoms. The molecule has 0 unspecified atom stereocenters. The molecular weight excluding hydrogens is 182 g/mol. The van der Waals surface area contributed by atoms with E-state index in [4.69, 9.17) is 5.73 Å². The molecule has 0 heterocycles. The summed E-state index contributed by atoms with van der Waals surface area (Å²) in [4.78, 5) is 21.2. The number of urea groups is 1. The van der Waals surface area contributed by atoms with Gasteiger partial charge in [0.05, 0.1) is 6.54 Å². The maximum Gasteiger partial charge on any atom is 0.318 e. The van der Waals surface area contributed by atoms with Crippen LogP contribution in [0, 0.1) is 5.92 Å². The van der Waals surface area contributed by atoms with Crippen LogP contribution in [-0.2, 0) is 4.79 Å². The van der Waals surface area contributed by atoms with Crippen LogP contribution in [-0.4, -0.2) is 25.0 Å². The molecule has 4 N–H and O–H groups in total. The van der Waals surface area contributed by atoms with Crippen molar-refractivity contribution in [3.63, 3.8) is 0 Å². The van der Waals surface area contributed by atoms with E-state index in [1.54, 1.807) is 0 Å². The van der Waals surface area contributed by atoms with Gasteiger partial charge in [0, 0.05) is 0 Å². The van der Waals surface area contributed by atoms with E-state index in [9.17, 15) is 9.59 Å². The summed E-state index contributed by atoms with van der Waals surface area (Å²) in [6.07, 6.45) is 5.08. The van der Waals surface area contributed by atoms with Crippen molar-refractivity contribution >= 4 is 11.9 Å². The third kappa shape index (κ3) is 4.23. The van der Waals surface area contributed by atoms with E-state index < -0.39 is 6.03 Å². The van der Waals surface area contributed by atoms with E-state index in [-0.39, 0.29) is 12.5 Å². The fraction of sp³-hybridized carbons (Fsp3) is 0.778. The topological polar surface area (TPSA) is 84.2 Å². The van der Waals surface area contributed by atoms with Crippen LogP contribution < -0.4 is 16.4 Å². The lowest BCUT2D eigenvalue weighted by molar-refractivity contribution is -0.119. The van der Waals surface area contributed by atoms with Gasteiger partial charge in [-0.3, -0.25) is 10.1 Å². The number of nitrogens with two attached hydrogens (primary N) is 1. The lowest BCUT2D eigenvalue weighted by atomic mass is 9.83. The number of imide groups is 1. The Hall–Kier alpha value is -1.10. The molecule has 1 fully saturated rings. The first-order valence-electron chi connectivity index (χ1n) is 4.98. The first-order valence-corrected chi connectivity index (χ1v) is 4.98. The number of carbonyl (C=O) groups excluding carboxylic acids is 2. The molecule has 0 bridgehead atoms. The third-order valence-corrected chi connectivity index (χ3v) is 2.50. The molecule has 1 aliphatic carbocycles. The van der Waals surface area contributed by atoms with Gasteiger partial charge >= 0.3 is 6.03 Å². The summed E-state index contributed by atoms with van der Waals surface area (Å²) < 4.78 is 0. The molecule has 3 amide bonds. The average Bonchev–Trinajstić information content (AvgIpc) is 1.99. The van der Waals surface area contributed by atoms with Gasteiger partial charge in [0.15, 0.2) is 0 Å². The minimum atomic E-state index is -0.796. The van der Waals surface area contributed by atoms with Crippen LogP contribution in [0.5, 0.6) is 0 Å². The van der Waals surface area contributed by atoms with Crippen molar-refractivity contribution in [3.8, 4) is 0 Å². The number of nitrogens with one attached hydrogen (secondary N) is 2. The second-order valence-corrected chi connectivity index (χ2v) is 3.67. The SMILES string of the molecule is NC(=O)NC(=O)CNCCC1CCC1. The highest BCUT2D eigenvalue weighted by atomic mass is 16.2. The molecule has 0 aliphatic heterocycles. The molecule has 5 nitrogen and oxygen atoms in total. The molecular formula is C9H17N3O2. The molecule has 0 aromatic carbocycles. The third-order valence-electron chi connectivity index (χ3n) is 2.50. The van der Waals surface area contributed by atoms with Crippen molar-refractivity contribution < 1.29 is 9.59 Å². The Kier molecular flexibility index (Phi) is 4.39. The highest BCUT2D eigenvalue weighted by molar-refractivity contribution is 5.94. The smallest absolute Gasteiger partial charge is 0.318 e. The molecule has 1 aliphatic rings. The van der Waals surface area contributed by atoms with Crippen molar-refractivity contribution in [2.45, 2.75) is 25.7 Å². The number of amides is 3. The second-order valence-electron chi connectivity index (χ2n) is 3.67. The molecule has 80 valence electrons. The van der Waals surface area contributed by atoms with Crippen LogP contribution in [0.25, 0.3) is 0 Å². The van der Waals surface area contributed by atoms with Crippen molar-refractivity contribution in [2.75, 3.05) is 13.1 Å². The maximum atomic E-state index is 10.9. The molecule has 0 aromatic rings. The van der Waals surface area contributed by atoms with Crippen LogP contribution in [0.2, 0.25) is 0 Å². The molecule has 1 rings (SSSR count). The number of carbonyl (C=O) groups is 2. The summed E-state index contributed by atoms with van der Waals surface area (Å²) in [5.74, 6) is 0.466. The Morgan fingerprint density at radius 1 is 1.36 bits per heavy atom. The number of hydrogen-bond acceptors (Lipinski definition) is 3. The molecule has 0 saturated heterocycles. The molecule has 14 heavy (non-hydrogen) atoms. The highest BCUT2D eigenvalue weighted by Gasteiger charge is 2.16. The van der Waals surface area contributed by atoms with Gasteiger partial charge in [-0.25, -0.2) is 4.79 Å². The summed E-state index contributed by atoms with van der Waals surface area (Å²) in [6.45, 7) is 0.993. The van der Waals surface area contributed by atoms with E-state index in [1.165, 1.54) is 19.3 Å². The van der Waals surface area contributed by atoms with Crippen LogP contribution in [0.3, 0.4) is 0 Å². The summed E-state index contributed by atoms with van der Waals surface area (Å²) >= 11 is 0. The fourth-order valence-electron chi connectivity index (χ4n) is 1.47. The Bertz CT molecular complexity index is 214. The van der Waals surface area contributed by atoms with Gasteiger partial charge in [0.25, 0.3) is 0 Å². The first kappa shape index (κ1) is 11.0. The highest BCUT2D eigenvalue weighted by Crippen LogP contribution is 2.28. The predicted molar refractivity (Wildman–Crippen MR) is 52.6 cm³/mol. The fourth-order valence-corrected chi connectivity index (χ4v) is 1.47. The zero-order chi connectivity index (χ0) is 10.4. The molecule has 0 radical (unpaired) electrons. The Labute approximate surface area is 83.4 Å². The minimum Gasteiger partial charge on any atom is -0.351 e. The van der Waals surface area contributed by atoms with Crippen molar-refractivity contribution in [2.24, 2.45) is 11.7 Å². The number of primary amides is 1. The summed E-state index contributed by atoms with van der Waals surface area (Å²) in [7, 11) is 0. The Balaban J connectivity index is 1.91. The van der Waals surface area contributed by atoms with Gasteiger partial charge < -0.3 is 11.1 Å². The largest absolute Gasteiger partial charge is 0.351 e.